The highest BCUT2D eigenvalue weighted by Gasteiger charge is 2.29. The molecular weight excluding hydrogens is 630 g/mol. The predicted molar refractivity (Wildman–Crippen MR) is 185 cm³/mol. The monoisotopic (exact) mass is 667 g/mol. The van der Waals surface area contributed by atoms with E-state index in [0.717, 1.165) is 16.7 Å². The van der Waals surface area contributed by atoms with E-state index in [9.17, 15) is 27.9 Å². The fourth-order valence-corrected chi connectivity index (χ4v) is 7.40. The smallest absolute Gasteiger partial charge is 0.323 e. The first-order chi connectivity index (χ1) is 22.9. The molecule has 2 aromatic heterocycles. The highest BCUT2D eigenvalue weighted by molar-refractivity contribution is 7.89. The summed E-state index contributed by atoms with van der Waals surface area (Å²) in [5, 5.41) is 15.9. The molecule has 12 heteroatoms. The third-order valence-electron chi connectivity index (χ3n) is 7.95. The molecule has 0 aliphatic carbocycles. The standard InChI is InChI=1S/C36H37N5O6S/c1-23-17-24(2)34(25(3)18-23)48(46,47)40-30(36(44)45)21-39-35(43)29-22-41(16-14-26-9-5-4-6-10-26)31-19-27(12-13-28(31)33(29)42)20-38-32-11-7-8-15-37-32/h4-13,15,17-19,22,30,40H,14,16,20-21H2,1-3H3,(H,37,38)(H,39,43)(H,44,45). The molecule has 0 bridgehead atoms. The number of aryl methyl sites for hydroxylation is 5. The van der Waals surface area contributed by atoms with Crippen LogP contribution in [0.25, 0.3) is 10.9 Å². The molecule has 0 aliphatic heterocycles. The van der Waals surface area contributed by atoms with Crippen LogP contribution in [0.1, 0.15) is 38.2 Å². The minimum Gasteiger partial charge on any atom is -0.480 e. The van der Waals surface area contributed by atoms with Crippen molar-refractivity contribution in [3.05, 3.63) is 135 Å². The van der Waals surface area contributed by atoms with Crippen molar-refractivity contribution in [2.24, 2.45) is 0 Å². The van der Waals surface area contributed by atoms with Crippen LogP contribution in [-0.4, -0.2) is 47.5 Å². The Morgan fingerprint density at radius 2 is 1.62 bits per heavy atom. The van der Waals surface area contributed by atoms with Crippen molar-refractivity contribution in [1.29, 1.82) is 0 Å². The van der Waals surface area contributed by atoms with Gasteiger partial charge < -0.3 is 20.3 Å². The maximum Gasteiger partial charge on any atom is 0.323 e. The number of sulfonamides is 1. The molecule has 3 aromatic carbocycles. The molecule has 48 heavy (non-hydrogen) atoms. The summed E-state index contributed by atoms with van der Waals surface area (Å²) in [6.07, 6.45) is 3.78. The number of carboxylic acids is 1. The number of anilines is 1. The third kappa shape index (κ3) is 7.96. The van der Waals surface area contributed by atoms with Gasteiger partial charge in [0.25, 0.3) is 5.91 Å². The van der Waals surface area contributed by atoms with Gasteiger partial charge in [0.1, 0.15) is 17.4 Å². The molecule has 0 fully saturated rings. The van der Waals surface area contributed by atoms with Gasteiger partial charge in [-0.2, -0.15) is 4.72 Å². The zero-order chi connectivity index (χ0) is 34.4. The number of carboxylic acid groups (broad SMARTS) is 1. The van der Waals surface area contributed by atoms with E-state index in [-0.39, 0.29) is 10.5 Å². The molecule has 1 unspecified atom stereocenters. The lowest BCUT2D eigenvalue weighted by Crippen LogP contribution is -2.49. The summed E-state index contributed by atoms with van der Waals surface area (Å²) in [6.45, 7) is 5.42. The zero-order valence-corrected chi connectivity index (χ0v) is 27.7. The summed E-state index contributed by atoms with van der Waals surface area (Å²) < 4.78 is 30.6. The van der Waals surface area contributed by atoms with Crippen LogP contribution in [0.15, 0.2) is 101 Å². The summed E-state index contributed by atoms with van der Waals surface area (Å²) in [5.41, 5.74) is 3.69. The lowest BCUT2D eigenvalue weighted by molar-refractivity contribution is -0.138. The van der Waals surface area contributed by atoms with E-state index in [1.807, 2.05) is 66.1 Å². The number of carbonyl (C=O) groups is 2. The molecule has 4 N–H and O–H groups in total. The molecule has 0 saturated carbocycles. The Kier molecular flexibility index (Phi) is 10.4. The highest BCUT2D eigenvalue weighted by Crippen LogP contribution is 2.22. The lowest BCUT2D eigenvalue weighted by atomic mass is 10.1. The minimum absolute atomic E-state index is 0.0175. The van der Waals surface area contributed by atoms with Crippen molar-refractivity contribution in [2.45, 2.75) is 51.2 Å². The largest absolute Gasteiger partial charge is 0.480 e. The SMILES string of the molecule is Cc1cc(C)c(S(=O)(=O)NC(CNC(=O)c2cn(CCc3ccccc3)c3cc(CNc4ccccn4)ccc3c2=O)C(=O)O)c(C)c1. The number of fused-ring (bicyclic) bond motifs is 1. The first-order valence-electron chi connectivity index (χ1n) is 15.4. The van der Waals surface area contributed by atoms with Crippen molar-refractivity contribution in [3.8, 4) is 0 Å². The van der Waals surface area contributed by atoms with Crippen LogP contribution in [0.3, 0.4) is 0 Å². The topological polar surface area (TPSA) is 159 Å². The van der Waals surface area contributed by atoms with Gasteiger partial charge in [-0.3, -0.25) is 14.4 Å². The number of benzene rings is 3. The van der Waals surface area contributed by atoms with Gasteiger partial charge in [0.05, 0.1) is 10.4 Å². The van der Waals surface area contributed by atoms with Crippen molar-refractivity contribution in [2.75, 3.05) is 11.9 Å². The summed E-state index contributed by atoms with van der Waals surface area (Å²) in [5.74, 6) is -1.59. The molecular formula is C36H37N5O6S. The molecule has 11 nitrogen and oxygen atoms in total. The minimum atomic E-state index is -4.26. The molecule has 1 atom stereocenters. The van der Waals surface area contributed by atoms with Gasteiger partial charge >= 0.3 is 5.97 Å². The lowest BCUT2D eigenvalue weighted by Gasteiger charge is -2.19. The summed E-state index contributed by atoms with van der Waals surface area (Å²) in [4.78, 5) is 43.5. The normalized spacial score (nSPS) is 12.1. The summed E-state index contributed by atoms with van der Waals surface area (Å²) in [7, 11) is -4.26. The molecule has 0 saturated heterocycles. The van der Waals surface area contributed by atoms with Crippen molar-refractivity contribution in [1.82, 2.24) is 19.6 Å². The van der Waals surface area contributed by atoms with Gasteiger partial charge in [0.2, 0.25) is 15.5 Å². The number of nitrogens with zero attached hydrogens (tertiary/aromatic N) is 2. The fourth-order valence-electron chi connectivity index (χ4n) is 5.75. The highest BCUT2D eigenvalue weighted by atomic mass is 32.2. The third-order valence-corrected chi connectivity index (χ3v) is 9.72. The summed E-state index contributed by atoms with van der Waals surface area (Å²) >= 11 is 0. The summed E-state index contributed by atoms with van der Waals surface area (Å²) in [6, 6.07) is 22.4. The second-order valence-electron chi connectivity index (χ2n) is 11.7. The average Bonchev–Trinajstić information content (AvgIpc) is 3.05. The van der Waals surface area contributed by atoms with Gasteiger partial charge in [-0.25, -0.2) is 13.4 Å². The van der Waals surface area contributed by atoms with Crippen molar-refractivity contribution >= 4 is 38.6 Å². The Labute approximate surface area is 278 Å². The molecule has 0 radical (unpaired) electrons. The predicted octanol–water partition coefficient (Wildman–Crippen LogP) is 4.34. The second-order valence-corrected chi connectivity index (χ2v) is 13.3. The van der Waals surface area contributed by atoms with E-state index in [1.54, 1.807) is 44.3 Å². The number of aromatic nitrogens is 2. The van der Waals surface area contributed by atoms with E-state index in [1.165, 1.54) is 6.20 Å². The first kappa shape index (κ1) is 34.0. The Morgan fingerprint density at radius 1 is 0.917 bits per heavy atom. The average molecular weight is 668 g/mol. The van der Waals surface area contributed by atoms with Gasteiger partial charge in [-0.15, -0.1) is 0 Å². The molecule has 248 valence electrons. The number of carbonyl (C=O) groups excluding carboxylic acids is 1. The fraction of sp³-hybridized carbons (Fsp3) is 0.222. The van der Waals surface area contributed by atoms with Crippen molar-refractivity contribution in [3.63, 3.8) is 0 Å². The first-order valence-corrected chi connectivity index (χ1v) is 16.9. The second kappa shape index (κ2) is 14.6. The van der Waals surface area contributed by atoms with Gasteiger partial charge in [-0.1, -0.05) is 60.2 Å². The van der Waals surface area contributed by atoms with Crippen LogP contribution < -0.4 is 20.8 Å². The number of hydrogen-bond acceptors (Lipinski definition) is 7. The van der Waals surface area contributed by atoms with Crippen molar-refractivity contribution < 1.29 is 23.1 Å². The Hall–Kier alpha value is -5.33. The number of nitrogens with one attached hydrogen (secondary N) is 3. The van der Waals surface area contributed by atoms with Crippen LogP contribution >= 0.6 is 0 Å². The molecule has 1 amide bonds. The van der Waals surface area contributed by atoms with Crippen LogP contribution in [-0.2, 0) is 34.3 Å². The van der Waals surface area contributed by atoms with E-state index >= 15 is 0 Å². The molecule has 0 spiro atoms. The Balaban J connectivity index is 1.41. The number of rotatable bonds is 13. The van der Waals surface area contributed by atoms with E-state index in [2.05, 4.69) is 20.3 Å². The zero-order valence-electron chi connectivity index (χ0n) is 26.9. The maximum atomic E-state index is 13.7. The van der Waals surface area contributed by atoms with E-state index in [4.69, 9.17) is 0 Å². The van der Waals surface area contributed by atoms with Crippen LogP contribution in [0, 0.1) is 20.8 Å². The van der Waals surface area contributed by atoms with Crippen LogP contribution in [0.2, 0.25) is 0 Å². The molecule has 2 heterocycles. The van der Waals surface area contributed by atoms with Gasteiger partial charge in [0.15, 0.2) is 0 Å². The van der Waals surface area contributed by atoms with Gasteiger partial charge in [0, 0.05) is 37.4 Å². The number of amides is 1. The Morgan fingerprint density at radius 3 is 2.29 bits per heavy atom. The molecule has 5 rings (SSSR count). The van der Waals surface area contributed by atoms with Crippen LogP contribution in [0.4, 0.5) is 5.82 Å². The van der Waals surface area contributed by atoms with E-state index < -0.39 is 39.9 Å². The molecule has 0 aliphatic rings. The van der Waals surface area contributed by atoms with Crippen LogP contribution in [0.5, 0.6) is 0 Å². The van der Waals surface area contributed by atoms with Gasteiger partial charge in [-0.05, 0) is 73.7 Å². The Bertz CT molecular complexity index is 2110. The van der Waals surface area contributed by atoms with E-state index in [0.29, 0.717) is 47.4 Å². The molecule has 5 aromatic rings. The maximum absolute atomic E-state index is 13.7. The number of aliphatic carboxylic acids is 1. The number of hydrogen-bond donors (Lipinski definition) is 4. The quantitative estimate of drug-likeness (QED) is 0.144. The number of pyridine rings is 2.